The Morgan fingerprint density at radius 1 is 1.28 bits per heavy atom. The SMILES string of the molecule is COc1cccc2c1C(C)CC2N1CCNCC1. The van der Waals surface area contributed by atoms with E-state index in [0.29, 0.717) is 12.0 Å². The summed E-state index contributed by atoms with van der Waals surface area (Å²) in [6.07, 6.45) is 1.23. The fraction of sp³-hybridized carbons (Fsp3) is 0.600. The largest absolute Gasteiger partial charge is 0.496 e. The topological polar surface area (TPSA) is 24.5 Å². The molecule has 0 spiro atoms. The van der Waals surface area contributed by atoms with Crippen LogP contribution in [0.3, 0.4) is 0 Å². The Bertz CT molecular complexity index is 427. The monoisotopic (exact) mass is 246 g/mol. The summed E-state index contributed by atoms with van der Waals surface area (Å²) in [5.74, 6) is 1.67. The van der Waals surface area contributed by atoms with Gasteiger partial charge in [-0.2, -0.15) is 0 Å². The van der Waals surface area contributed by atoms with Crippen LogP contribution in [0.2, 0.25) is 0 Å². The molecule has 1 aliphatic carbocycles. The summed E-state index contributed by atoms with van der Waals surface area (Å²) in [5.41, 5.74) is 2.92. The molecule has 0 bridgehead atoms. The van der Waals surface area contributed by atoms with E-state index in [-0.39, 0.29) is 0 Å². The molecule has 0 radical (unpaired) electrons. The molecule has 3 heteroatoms. The average Bonchev–Trinajstić information content (AvgIpc) is 2.77. The Kier molecular flexibility index (Phi) is 3.27. The van der Waals surface area contributed by atoms with E-state index >= 15 is 0 Å². The van der Waals surface area contributed by atoms with Crippen molar-refractivity contribution in [1.29, 1.82) is 0 Å². The zero-order chi connectivity index (χ0) is 12.5. The second-order valence-corrected chi connectivity index (χ2v) is 5.40. The molecule has 1 N–H and O–H groups in total. The number of hydrogen-bond donors (Lipinski definition) is 1. The molecule has 1 heterocycles. The maximum atomic E-state index is 5.53. The molecule has 1 fully saturated rings. The number of rotatable bonds is 2. The molecule has 1 saturated heterocycles. The predicted molar refractivity (Wildman–Crippen MR) is 73.2 cm³/mol. The molecular weight excluding hydrogens is 224 g/mol. The van der Waals surface area contributed by atoms with Crippen LogP contribution < -0.4 is 10.1 Å². The highest BCUT2D eigenvalue weighted by Crippen LogP contribution is 2.47. The molecule has 2 unspecified atom stereocenters. The Labute approximate surface area is 109 Å². The zero-order valence-electron chi connectivity index (χ0n) is 11.3. The average molecular weight is 246 g/mol. The first-order chi connectivity index (χ1) is 8.81. The maximum Gasteiger partial charge on any atom is 0.122 e. The lowest BCUT2D eigenvalue weighted by atomic mass is 10.0. The number of ether oxygens (including phenoxy) is 1. The molecule has 3 rings (SSSR count). The highest BCUT2D eigenvalue weighted by atomic mass is 16.5. The lowest BCUT2D eigenvalue weighted by Crippen LogP contribution is -2.44. The first kappa shape index (κ1) is 12.0. The Hall–Kier alpha value is -1.06. The van der Waals surface area contributed by atoms with Gasteiger partial charge in [0.2, 0.25) is 0 Å². The lowest BCUT2D eigenvalue weighted by molar-refractivity contribution is 0.170. The van der Waals surface area contributed by atoms with Gasteiger partial charge in [0.15, 0.2) is 0 Å². The van der Waals surface area contributed by atoms with Crippen molar-refractivity contribution in [2.75, 3.05) is 33.3 Å². The van der Waals surface area contributed by atoms with Gasteiger partial charge in [0.1, 0.15) is 5.75 Å². The molecule has 1 aliphatic heterocycles. The number of nitrogens with zero attached hydrogens (tertiary/aromatic N) is 1. The van der Waals surface area contributed by atoms with Crippen molar-refractivity contribution >= 4 is 0 Å². The van der Waals surface area contributed by atoms with Gasteiger partial charge in [-0.3, -0.25) is 4.90 Å². The third-order valence-electron chi connectivity index (χ3n) is 4.34. The molecule has 1 aromatic carbocycles. The smallest absolute Gasteiger partial charge is 0.122 e. The van der Waals surface area contributed by atoms with Crippen molar-refractivity contribution in [3.63, 3.8) is 0 Å². The van der Waals surface area contributed by atoms with Crippen LogP contribution in [0.25, 0.3) is 0 Å². The minimum Gasteiger partial charge on any atom is -0.496 e. The summed E-state index contributed by atoms with van der Waals surface area (Å²) in [5, 5.41) is 3.43. The summed E-state index contributed by atoms with van der Waals surface area (Å²) in [4.78, 5) is 2.62. The van der Waals surface area contributed by atoms with Crippen molar-refractivity contribution in [2.45, 2.75) is 25.3 Å². The number of hydrogen-bond acceptors (Lipinski definition) is 3. The minimum atomic E-state index is 0.590. The lowest BCUT2D eigenvalue weighted by Gasteiger charge is -2.33. The number of nitrogens with one attached hydrogen (secondary N) is 1. The Morgan fingerprint density at radius 2 is 2.06 bits per heavy atom. The van der Waals surface area contributed by atoms with Gasteiger partial charge in [0.05, 0.1) is 7.11 Å². The van der Waals surface area contributed by atoms with E-state index in [2.05, 4.69) is 35.3 Å². The van der Waals surface area contributed by atoms with Gasteiger partial charge in [-0.15, -0.1) is 0 Å². The number of fused-ring (bicyclic) bond motifs is 1. The minimum absolute atomic E-state index is 0.590. The van der Waals surface area contributed by atoms with Crippen molar-refractivity contribution in [1.82, 2.24) is 10.2 Å². The molecule has 0 saturated carbocycles. The highest BCUT2D eigenvalue weighted by molar-refractivity contribution is 5.47. The summed E-state index contributed by atoms with van der Waals surface area (Å²) in [6.45, 7) is 6.87. The quantitative estimate of drug-likeness (QED) is 0.865. The Balaban J connectivity index is 1.93. The molecule has 2 aliphatic rings. The third-order valence-corrected chi connectivity index (χ3v) is 4.34. The molecule has 0 aromatic heterocycles. The summed E-state index contributed by atoms with van der Waals surface area (Å²) in [6, 6.07) is 7.10. The summed E-state index contributed by atoms with van der Waals surface area (Å²) < 4.78 is 5.53. The van der Waals surface area contributed by atoms with E-state index in [1.165, 1.54) is 17.5 Å². The van der Waals surface area contributed by atoms with E-state index in [0.717, 1.165) is 31.9 Å². The second-order valence-electron chi connectivity index (χ2n) is 5.40. The van der Waals surface area contributed by atoms with Crippen molar-refractivity contribution in [3.05, 3.63) is 29.3 Å². The van der Waals surface area contributed by atoms with Crippen molar-refractivity contribution in [3.8, 4) is 5.75 Å². The molecule has 3 nitrogen and oxygen atoms in total. The van der Waals surface area contributed by atoms with Gasteiger partial charge >= 0.3 is 0 Å². The van der Waals surface area contributed by atoms with E-state index in [1.807, 2.05) is 0 Å². The van der Waals surface area contributed by atoms with Crippen LogP contribution in [0.1, 0.15) is 36.4 Å². The summed E-state index contributed by atoms with van der Waals surface area (Å²) in [7, 11) is 1.78. The fourth-order valence-electron chi connectivity index (χ4n) is 3.48. The number of methoxy groups -OCH3 is 1. The van der Waals surface area contributed by atoms with Crippen LogP contribution in [-0.2, 0) is 0 Å². The molecular formula is C15H22N2O. The van der Waals surface area contributed by atoms with Gasteiger partial charge in [-0.05, 0) is 24.0 Å². The van der Waals surface area contributed by atoms with E-state index in [4.69, 9.17) is 4.74 Å². The number of benzene rings is 1. The first-order valence-corrected chi connectivity index (χ1v) is 6.93. The second kappa shape index (κ2) is 4.90. The van der Waals surface area contributed by atoms with Gasteiger partial charge < -0.3 is 10.1 Å². The first-order valence-electron chi connectivity index (χ1n) is 6.93. The van der Waals surface area contributed by atoms with E-state index in [9.17, 15) is 0 Å². The van der Waals surface area contributed by atoms with Crippen LogP contribution in [-0.4, -0.2) is 38.2 Å². The van der Waals surface area contributed by atoms with Gasteiger partial charge in [-0.25, -0.2) is 0 Å². The Morgan fingerprint density at radius 3 is 2.78 bits per heavy atom. The normalized spacial score (nSPS) is 28.1. The molecule has 2 atom stereocenters. The van der Waals surface area contributed by atoms with E-state index in [1.54, 1.807) is 7.11 Å². The van der Waals surface area contributed by atoms with Gasteiger partial charge in [0.25, 0.3) is 0 Å². The standard InChI is InChI=1S/C15H22N2O/c1-11-10-13(17-8-6-16-7-9-17)12-4-3-5-14(18-2)15(11)12/h3-5,11,13,16H,6-10H2,1-2H3. The van der Waals surface area contributed by atoms with Gasteiger partial charge in [-0.1, -0.05) is 19.1 Å². The van der Waals surface area contributed by atoms with Crippen LogP contribution in [0.5, 0.6) is 5.75 Å². The third kappa shape index (κ3) is 1.91. The van der Waals surface area contributed by atoms with Crippen molar-refractivity contribution in [2.24, 2.45) is 0 Å². The van der Waals surface area contributed by atoms with Crippen LogP contribution >= 0.6 is 0 Å². The molecule has 0 amide bonds. The van der Waals surface area contributed by atoms with Crippen LogP contribution in [0.4, 0.5) is 0 Å². The van der Waals surface area contributed by atoms with E-state index < -0.39 is 0 Å². The molecule has 1 aromatic rings. The van der Waals surface area contributed by atoms with Crippen LogP contribution in [0, 0.1) is 0 Å². The highest BCUT2D eigenvalue weighted by Gasteiger charge is 2.34. The zero-order valence-corrected chi connectivity index (χ0v) is 11.3. The van der Waals surface area contributed by atoms with Gasteiger partial charge in [0, 0.05) is 37.8 Å². The molecule has 18 heavy (non-hydrogen) atoms. The summed E-state index contributed by atoms with van der Waals surface area (Å²) >= 11 is 0. The molecule has 98 valence electrons. The fourth-order valence-corrected chi connectivity index (χ4v) is 3.48. The van der Waals surface area contributed by atoms with Crippen molar-refractivity contribution < 1.29 is 4.74 Å². The number of piperazine rings is 1. The maximum absolute atomic E-state index is 5.53. The van der Waals surface area contributed by atoms with Crippen LogP contribution in [0.15, 0.2) is 18.2 Å². The predicted octanol–water partition coefficient (Wildman–Crippen LogP) is 2.15.